The molecular formula is C30H30ClF2N5O2. The van der Waals surface area contributed by atoms with E-state index < -0.39 is 18.0 Å². The fourth-order valence-corrected chi connectivity index (χ4v) is 4.91. The summed E-state index contributed by atoms with van der Waals surface area (Å²) in [6.45, 7) is 3.09. The molecule has 0 spiro atoms. The van der Waals surface area contributed by atoms with Gasteiger partial charge in [0.2, 0.25) is 5.91 Å². The molecule has 0 saturated heterocycles. The number of anilines is 2. The van der Waals surface area contributed by atoms with Crippen molar-refractivity contribution in [3.63, 3.8) is 0 Å². The molecule has 0 fully saturated rings. The van der Waals surface area contributed by atoms with Gasteiger partial charge < -0.3 is 25.2 Å². The minimum absolute atomic E-state index is 0.0167. The number of aromatic nitrogens is 2. The first-order chi connectivity index (χ1) is 19.3. The zero-order chi connectivity index (χ0) is 28.2. The molecule has 1 aliphatic rings. The van der Waals surface area contributed by atoms with Gasteiger partial charge in [-0.25, -0.2) is 13.8 Å². The summed E-state index contributed by atoms with van der Waals surface area (Å²) in [6.07, 6.45) is -0.122. The van der Waals surface area contributed by atoms with E-state index in [9.17, 15) is 18.7 Å². The molecule has 0 radical (unpaired) electrons. The van der Waals surface area contributed by atoms with Crippen LogP contribution in [0.5, 0.6) is 0 Å². The van der Waals surface area contributed by atoms with Crippen molar-refractivity contribution in [1.82, 2.24) is 19.8 Å². The lowest BCUT2D eigenvalue weighted by molar-refractivity contribution is -0.135. The molecule has 1 aliphatic heterocycles. The number of nitrogens with zero attached hydrogens (tertiary/aromatic N) is 3. The van der Waals surface area contributed by atoms with E-state index in [1.165, 1.54) is 24.3 Å². The lowest BCUT2D eigenvalue weighted by Crippen LogP contribution is -2.51. The number of hydrogen-bond donors (Lipinski definition) is 3. The van der Waals surface area contributed by atoms with Crippen molar-refractivity contribution in [3.05, 3.63) is 101 Å². The summed E-state index contributed by atoms with van der Waals surface area (Å²) in [7, 11) is 0. The van der Waals surface area contributed by atoms with Gasteiger partial charge in [0.15, 0.2) is 0 Å². The van der Waals surface area contributed by atoms with Crippen LogP contribution in [0.2, 0.25) is 5.02 Å². The van der Waals surface area contributed by atoms with E-state index in [-0.39, 0.29) is 29.8 Å². The highest BCUT2D eigenvalue weighted by Gasteiger charge is 2.31. The molecule has 208 valence electrons. The molecule has 0 saturated carbocycles. The van der Waals surface area contributed by atoms with E-state index >= 15 is 0 Å². The Balaban J connectivity index is 1.44. The van der Waals surface area contributed by atoms with Crippen LogP contribution in [-0.4, -0.2) is 50.7 Å². The average molecular weight is 566 g/mol. The van der Waals surface area contributed by atoms with Gasteiger partial charge in [0.25, 0.3) is 0 Å². The molecule has 4 aromatic rings. The van der Waals surface area contributed by atoms with Crippen LogP contribution in [-0.2, 0) is 24.3 Å². The van der Waals surface area contributed by atoms with Crippen LogP contribution in [0.3, 0.4) is 0 Å². The second-order valence-corrected chi connectivity index (χ2v) is 10.3. The van der Waals surface area contributed by atoms with E-state index in [2.05, 4.69) is 10.6 Å². The summed E-state index contributed by atoms with van der Waals surface area (Å²) in [4.78, 5) is 20.3. The predicted octanol–water partition coefficient (Wildman–Crippen LogP) is 5.15. The van der Waals surface area contributed by atoms with E-state index in [0.29, 0.717) is 48.1 Å². The molecular weight excluding hydrogens is 536 g/mol. The third-order valence-corrected chi connectivity index (χ3v) is 7.13. The molecule has 2 atom stereocenters. The Morgan fingerprint density at radius 2 is 1.82 bits per heavy atom. The van der Waals surface area contributed by atoms with Gasteiger partial charge in [-0.05, 0) is 61.4 Å². The molecule has 10 heteroatoms. The first kappa shape index (κ1) is 27.8. The third-order valence-electron chi connectivity index (χ3n) is 6.82. The number of halogens is 3. The van der Waals surface area contributed by atoms with E-state index in [1.54, 1.807) is 30.0 Å². The zero-order valence-corrected chi connectivity index (χ0v) is 22.7. The Morgan fingerprint density at radius 1 is 1.07 bits per heavy atom. The first-order valence-corrected chi connectivity index (χ1v) is 13.5. The van der Waals surface area contributed by atoms with E-state index in [4.69, 9.17) is 16.6 Å². The highest BCUT2D eigenvalue weighted by molar-refractivity contribution is 6.30. The van der Waals surface area contributed by atoms with Gasteiger partial charge in [-0.2, -0.15) is 0 Å². The molecule has 3 N–H and O–H groups in total. The van der Waals surface area contributed by atoms with Crippen LogP contribution in [0.15, 0.2) is 72.8 Å². The van der Waals surface area contributed by atoms with Crippen molar-refractivity contribution in [1.29, 1.82) is 0 Å². The molecule has 2 heterocycles. The summed E-state index contributed by atoms with van der Waals surface area (Å²) < 4.78 is 29.8. The van der Waals surface area contributed by atoms with Gasteiger partial charge >= 0.3 is 0 Å². The Hall–Kier alpha value is -3.79. The zero-order valence-electron chi connectivity index (χ0n) is 21.9. The third kappa shape index (κ3) is 6.33. The quantitative estimate of drug-likeness (QED) is 0.261. The summed E-state index contributed by atoms with van der Waals surface area (Å²) in [5, 5.41) is 16.3. The summed E-state index contributed by atoms with van der Waals surface area (Å²) in [5.74, 6) is 0.247. The maximum absolute atomic E-state index is 14.2. The predicted molar refractivity (Wildman–Crippen MR) is 151 cm³/mol. The number of amides is 1. The molecule has 1 aromatic heterocycles. The number of carbonyl (C=O) groups is 1. The van der Waals surface area contributed by atoms with Crippen LogP contribution >= 0.6 is 11.6 Å². The first-order valence-electron chi connectivity index (χ1n) is 13.1. The summed E-state index contributed by atoms with van der Waals surface area (Å²) in [5.41, 5.74) is 2.74. The van der Waals surface area contributed by atoms with E-state index in [1.807, 2.05) is 34.9 Å². The minimum atomic E-state index is -0.601. The fraction of sp³-hybridized carbons (Fsp3) is 0.267. The molecule has 1 unspecified atom stereocenters. The number of fused-ring (bicyclic) bond motifs is 1. The van der Waals surface area contributed by atoms with Crippen LogP contribution in [0, 0.1) is 11.6 Å². The second kappa shape index (κ2) is 12.2. The van der Waals surface area contributed by atoms with Crippen molar-refractivity contribution < 1.29 is 18.7 Å². The van der Waals surface area contributed by atoms with Gasteiger partial charge in [0, 0.05) is 30.9 Å². The maximum atomic E-state index is 14.2. The van der Waals surface area contributed by atoms with Crippen molar-refractivity contribution in [2.45, 2.75) is 38.6 Å². The monoisotopic (exact) mass is 565 g/mol. The average Bonchev–Trinajstić information content (AvgIpc) is 3.30. The lowest BCUT2D eigenvalue weighted by Gasteiger charge is -2.32. The largest absolute Gasteiger partial charge is 0.392 e. The van der Waals surface area contributed by atoms with Crippen LogP contribution < -0.4 is 10.6 Å². The number of benzene rings is 3. The lowest BCUT2D eigenvalue weighted by atomic mass is 10.0. The Bertz CT molecular complexity index is 1480. The Morgan fingerprint density at radius 3 is 2.52 bits per heavy atom. The number of aliphatic hydroxyl groups excluding tert-OH is 1. The summed E-state index contributed by atoms with van der Waals surface area (Å²) in [6, 6.07) is 19.6. The SMILES string of the molecule is CC(O)CN[C@@H](Cc1ccccc1)C(=O)N1CCn2c(nc(-c3ccc(F)cc3)c2Nc2ccc(Cl)c(F)c2)C1. The van der Waals surface area contributed by atoms with Crippen molar-refractivity contribution in [2.75, 3.05) is 18.4 Å². The van der Waals surface area contributed by atoms with Gasteiger partial charge in [-0.3, -0.25) is 4.79 Å². The smallest absolute Gasteiger partial charge is 0.240 e. The highest BCUT2D eigenvalue weighted by atomic mass is 35.5. The van der Waals surface area contributed by atoms with E-state index in [0.717, 1.165) is 5.56 Å². The van der Waals surface area contributed by atoms with Gasteiger partial charge in [0.05, 0.1) is 23.7 Å². The molecule has 0 bridgehead atoms. The van der Waals surface area contributed by atoms with Gasteiger partial charge in [0.1, 0.15) is 29.0 Å². The summed E-state index contributed by atoms with van der Waals surface area (Å²) >= 11 is 5.87. The molecule has 40 heavy (non-hydrogen) atoms. The molecule has 5 rings (SSSR count). The number of rotatable bonds is 9. The Kier molecular flexibility index (Phi) is 8.44. The Labute approximate surface area is 236 Å². The van der Waals surface area contributed by atoms with Crippen LogP contribution in [0.4, 0.5) is 20.3 Å². The van der Waals surface area contributed by atoms with Crippen LogP contribution in [0.25, 0.3) is 11.3 Å². The molecule has 0 aliphatic carbocycles. The number of carbonyl (C=O) groups excluding carboxylic acids is 1. The topological polar surface area (TPSA) is 82.4 Å². The highest BCUT2D eigenvalue weighted by Crippen LogP contribution is 2.34. The van der Waals surface area contributed by atoms with Crippen LogP contribution in [0.1, 0.15) is 18.3 Å². The van der Waals surface area contributed by atoms with Crippen molar-refractivity contribution in [3.8, 4) is 11.3 Å². The fourth-order valence-electron chi connectivity index (χ4n) is 4.80. The molecule has 1 amide bonds. The number of aliphatic hydroxyl groups is 1. The maximum Gasteiger partial charge on any atom is 0.240 e. The minimum Gasteiger partial charge on any atom is -0.392 e. The van der Waals surface area contributed by atoms with Crippen molar-refractivity contribution in [2.24, 2.45) is 0 Å². The number of hydrogen-bond acceptors (Lipinski definition) is 5. The van der Waals surface area contributed by atoms with Gasteiger partial charge in [-0.15, -0.1) is 0 Å². The number of imidazole rings is 1. The second-order valence-electron chi connectivity index (χ2n) is 9.90. The van der Waals surface area contributed by atoms with Gasteiger partial charge in [-0.1, -0.05) is 41.9 Å². The number of nitrogens with one attached hydrogen (secondary N) is 2. The molecule has 3 aromatic carbocycles. The normalized spacial score (nSPS) is 14.5. The standard InChI is InChI=1S/C30H30ClF2N5O2/c1-19(39)17-34-26(15-20-5-3-2-4-6-20)30(40)37-13-14-38-27(18-37)36-28(21-7-9-22(32)10-8-21)29(38)35-23-11-12-24(31)25(33)16-23/h2-12,16,19,26,34-35,39H,13-15,17-18H2,1H3/t19?,26-/m0/s1. The van der Waals surface area contributed by atoms with Crippen molar-refractivity contribution >= 4 is 29.0 Å². The molecule has 7 nitrogen and oxygen atoms in total.